The van der Waals surface area contributed by atoms with Crippen molar-refractivity contribution in [1.82, 2.24) is 30.0 Å². The standard InChI is InChI=1S/C25H18F2N6O/c26-19-6-1-16(2-7-19)23-24(17-3-8-20(27)9-4-17)32-22-13-18(5-10-21(22)31-23)25(34)29-11-12-33-15-28-14-30-33/h1-10,13-15H,11-12H2,(H,29,34). The molecule has 2 aromatic heterocycles. The van der Waals surface area contributed by atoms with Gasteiger partial charge in [-0.2, -0.15) is 5.10 Å². The molecule has 1 N–H and O–H groups in total. The van der Waals surface area contributed by atoms with Gasteiger partial charge >= 0.3 is 0 Å². The summed E-state index contributed by atoms with van der Waals surface area (Å²) in [6.45, 7) is 0.880. The van der Waals surface area contributed by atoms with Crippen LogP contribution in [0.25, 0.3) is 33.5 Å². The monoisotopic (exact) mass is 456 g/mol. The molecular formula is C25H18F2N6O. The molecule has 0 aliphatic carbocycles. The topological polar surface area (TPSA) is 85.6 Å². The zero-order valence-corrected chi connectivity index (χ0v) is 17.8. The van der Waals surface area contributed by atoms with Crippen LogP contribution in [-0.4, -0.2) is 37.2 Å². The summed E-state index contributed by atoms with van der Waals surface area (Å²) in [5.41, 5.74) is 3.87. The van der Waals surface area contributed by atoms with Crippen LogP contribution < -0.4 is 5.32 Å². The van der Waals surface area contributed by atoms with Gasteiger partial charge in [-0.3, -0.25) is 9.48 Å². The van der Waals surface area contributed by atoms with Crippen LogP contribution in [0.4, 0.5) is 8.78 Å². The van der Waals surface area contributed by atoms with Gasteiger partial charge in [-0.15, -0.1) is 0 Å². The Morgan fingerprint density at radius 1 is 0.824 bits per heavy atom. The molecule has 1 amide bonds. The number of nitrogens with zero attached hydrogens (tertiary/aromatic N) is 5. The molecule has 0 atom stereocenters. The minimum atomic E-state index is -0.370. The van der Waals surface area contributed by atoms with Crippen LogP contribution in [0.1, 0.15) is 10.4 Å². The number of benzene rings is 3. The number of carbonyl (C=O) groups excluding carboxylic acids is 1. The van der Waals surface area contributed by atoms with Gasteiger partial charge in [0.25, 0.3) is 5.91 Å². The van der Waals surface area contributed by atoms with Crippen LogP contribution in [0.2, 0.25) is 0 Å². The molecule has 2 heterocycles. The Kier molecular flexibility index (Phi) is 5.73. The molecule has 7 nitrogen and oxygen atoms in total. The van der Waals surface area contributed by atoms with E-state index in [0.717, 1.165) is 0 Å². The highest BCUT2D eigenvalue weighted by molar-refractivity contribution is 5.98. The van der Waals surface area contributed by atoms with Crippen LogP contribution in [-0.2, 0) is 6.54 Å². The number of hydrogen-bond acceptors (Lipinski definition) is 5. The summed E-state index contributed by atoms with van der Waals surface area (Å²) in [6.07, 6.45) is 3.01. The second-order valence-electron chi connectivity index (χ2n) is 7.55. The molecule has 9 heteroatoms. The summed E-state index contributed by atoms with van der Waals surface area (Å²) in [6, 6.07) is 16.9. The van der Waals surface area contributed by atoms with E-state index in [1.54, 1.807) is 53.5 Å². The van der Waals surface area contributed by atoms with Crippen LogP contribution in [0, 0.1) is 11.6 Å². The first kappa shape index (κ1) is 21.3. The van der Waals surface area contributed by atoms with Crippen LogP contribution in [0.15, 0.2) is 79.4 Å². The molecular weight excluding hydrogens is 438 g/mol. The second kappa shape index (κ2) is 9.14. The maximum atomic E-state index is 13.5. The molecule has 0 saturated carbocycles. The van der Waals surface area contributed by atoms with Gasteiger partial charge in [0, 0.05) is 23.2 Å². The summed E-state index contributed by atoms with van der Waals surface area (Å²) < 4.78 is 28.6. The fraction of sp³-hybridized carbons (Fsp3) is 0.0800. The third kappa shape index (κ3) is 4.49. The molecule has 0 aliphatic rings. The van der Waals surface area contributed by atoms with Gasteiger partial charge in [0.2, 0.25) is 0 Å². The third-order valence-corrected chi connectivity index (χ3v) is 5.25. The van der Waals surface area contributed by atoms with E-state index in [-0.39, 0.29) is 17.5 Å². The summed E-state index contributed by atoms with van der Waals surface area (Å²) in [5, 5.41) is 6.84. The fourth-order valence-electron chi connectivity index (χ4n) is 3.55. The summed E-state index contributed by atoms with van der Waals surface area (Å²) >= 11 is 0. The third-order valence-electron chi connectivity index (χ3n) is 5.25. The lowest BCUT2D eigenvalue weighted by atomic mass is 10.0. The van der Waals surface area contributed by atoms with E-state index in [1.807, 2.05) is 0 Å². The van der Waals surface area contributed by atoms with Crippen molar-refractivity contribution >= 4 is 16.9 Å². The Labute approximate surface area is 193 Å². The highest BCUT2D eigenvalue weighted by Crippen LogP contribution is 2.31. The Hall–Kier alpha value is -4.53. The van der Waals surface area contributed by atoms with Gasteiger partial charge in [-0.1, -0.05) is 0 Å². The first-order valence-electron chi connectivity index (χ1n) is 10.5. The van der Waals surface area contributed by atoms with E-state index in [4.69, 9.17) is 9.97 Å². The number of amides is 1. The average molecular weight is 456 g/mol. The van der Waals surface area contributed by atoms with Gasteiger partial charge in [-0.05, 0) is 66.7 Å². The van der Waals surface area contributed by atoms with Crippen molar-refractivity contribution < 1.29 is 13.6 Å². The van der Waals surface area contributed by atoms with Crippen LogP contribution in [0.5, 0.6) is 0 Å². The molecule has 0 unspecified atom stereocenters. The lowest BCUT2D eigenvalue weighted by Gasteiger charge is -2.12. The summed E-state index contributed by atoms with van der Waals surface area (Å²) in [7, 11) is 0. The number of rotatable bonds is 6. The van der Waals surface area contributed by atoms with Crippen molar-refractivity contribution in [3.63, 3.8) is 0 Å². The Morgan fingerprint density at radius 3 is 2.03 bits per heavy atom. The number of aromatic nitrogens is 5. The van der Waals surface area contributed by atoms with Crippen LogP contribution in [0.3, 0.4) is 0 Å². The lowest BCUT2D eigenvalue weighted by molar-refractivity contribution is 0.0952. The molecule has 0 aliphatic heterocycles. The van der Waals surface area contributed by atoms with Gasteiger partial charge in [0.15, 0.2) is 0 Å². The lowest BCUT2D eigenvalue weighted by Crippen LogP contribution is -2.27. The van der Waals surface area contributed by atoms with E-state index in [9.17, 15) is 13.6 Å². The van der Waals surface area contributed by atoms with E-state index in [1.165, 1.54) is 30.6 Å². The molecule has 0 spiro atoms. The second-order valence-corrected chi connectivity index (χ2v) is 7.55. The number of nitrogens with one attached hydrogen (secondary N) is 1. The maximum absolute atomic E-state index is 13.5. The van der Waals surface area contributed by atoms with Crippen molar-refractivity contribution in [1.29, 1.82) is 0 Å². The molecule has 0 fully saturated rings. The van der Waals surface area contributed by atoms with Crippen LogP contribution >= 0.6 is 0 Å². The Balaban J connectivity index is 1.51. The molecule has 3 aromatic carbocycles. The summed E-state index contributed by atoms with van der Waals surface area (Å²) in [4.78, 5) is 26.0. The number of fused-ring (bicyclic) bond motifs is 1. The quantitative estimate of drug-likeness (QED) is 0.413. The SMILES string of the molecule is O=C(NCCn1cncn1)c1ccc2nc(-c3ccc(F)cc3)c(-c3ccc(F)cc3)nc2c1. The molecule has 0 bridgehead atoms. The van der Waals surface area contributed by atoms with Crippen molar-refractivity contribution in [2.45, 2.75) is 6.54 Å². The van der Waals surface area contributed by atoms with Gasteiger partial charge in [-0.25, -0.2) is 23.7 Å². The fourth-order valence-corrected chi connectivity index (χ4v) is 3.55. The highest BCUT2D eigenvalue weighted by atomic mass is 19.1. The van der Waals surface area contributed by atoms with Gasteiger partial charge in [0.05, 0.1) is 29.0 Å². The van der Waals surface area contributed by atoms with Gasteiger partial charge < -0.3 is 5.32 Å². The Bertz CT molecular complexity index is 1450. The number of halogens is 2. The van der Waals surface area contributed by atoms with Crippen molar-refractivity contribution in [2.24, 2.45) is 0 Å². The first-order valence-corrected chi connectivity index (χ1v) is 10.5. The molecule has 34 heavy (non-hydrogen) atoms. The van der Waals surface area contributed by atoms with Gasteiger partial charge in [0.1, 0.15) is 24.3 Å². The van der Waals surface area contributed by atoms with Crippen molar-refractivity contribution in [3.8, 4) is 22.5 Å². The first-order chi connectivity index (χ1) is 16.6. The van der Waals surface area contributed by atoms with Crippen molar-refractivity contribution in [3.05, 3.63) is 96.6 Å². The highest BCUT2D eigenvalue weighted by Gasteiger charge is 2.15. The minimum absolute atomic E-state index is 0.255. The number of hydrogen-bond donors (Lipinski definition) is 1. The average Bonchev–Trinajstić information content (AvgIpc) is 3.37. The minimum Gasteiger partial charge on any atom is -0.350 e. The molecule has 0 saturated heterocycles. The smallest absolute Gasteiger partial charge is 0.251 e. The molecule has 5 rings (SSSR count). The largest absolute Gasteiger partial charge is 0.350 e. The number of carbonyl (C=O) groups is 1. The predicted octanol–water partition coefficient (Wildman–Crippen LogP) is 4.26. The maximum Gasteiger partial charge on any atom is 0.251 e. The predicted molar refractivity (Wildman–Crippen MR) is 123 cm³/mol. The van der Waals surface area contributed by atoms with E-state index in [2.05, 4.69) is 15.4 Å². The van der Waals surface area contributed by atoms with E-state index in [0.29, 0.717) is 52.2 Å². The molecule has 5 aromatic rings. The molecule has 168 valence electrons. The van der Waals surface area contributed by atoms with E-state index >= 15 is 0 Å². The zero-order valence-electron chi connectivity index (χ0n) is 17.8. The van der Waals surface area contributed by atoms with Crippen molar-refractivity contribution in [2.75, 3.05) is 6.54 Å². The Morgan fingerprint density at radius 2 is 1.44 bits per heavy atom. The van der Waals surface area contributed by atoms with E-state index < -0.39 is 0 Å². The summed E-state index contributed by atoms with van der Waals surface area (Å²) in [5.74, 6) is -0.985. The normalized spacial score (nSPS) is 11.0. The zero-order chi connectivity index (χ0) is 23.5. The molecule has 0 radical (unpaired) electrons.